The molecule has 0 spiro atoms. The lowest BCUT2D eigenvalue weighted by molar-refractivity contribution is -0.628. The molecule has 21 heavy (non-hydrogen) atoms. The SMILES string of the molecule is C[NH2+]CC[C@H](Oc1cccc2ccccc12)c1cccs1. The van der Waals surface area contributed by atoms with Gasteiger partial charge in [0.15, 0.2) is 0 Å². The molecule has 1 aromatic heterocycles. The van der Waals surface area contributed by atoms with Crippen molar-refractivity contribution in [3.63, 3.8) is 0 Å². The fourth-order valence-corrected chi connectivity index (χ4v) is 3.29. The van der Waals surface area contributed by atoms with Crippen LogP contribution in [0.4, 0.5) is 0 Å². The highest BCUT2D eigenvalue weighted by molar-refractivity contribution is 7.10. The summed E-state index contributed by atoms with van der Waals surface area (Å²) in [5.41, 5.74) is 0. The van der Waals surface area contributed by atoms with Crippen LogP contribution in [-0.4, -0.2) is 13.6 Å². The number of nitrogens with two attached hydrogens (primary N) is 1. The molecular weight excluding hydrogens is 278 g/mol. The molecule has 2 aromatic carbocycles. The number of fused-ring (bicyclic) bond motifs is 1. The average molecular weight is 298 g/mol. The van der Waals surface area contributed by atoms with E-state index in [1.54, 1.807) is 11.3 Å². The van der Waals surface area contributed by atoms with Crippen molar-refractivity contribution in [1.82, 2.24) is 0 Å². The van der Waals surface area contributed by atoms with Gasteiger partial charge >= 0.3 is 0 Å². The van der Waals surface area contributed by atoms with Crippen molar-refractivity contribution in [3.8, 4) is 5.75 Å². The smallest absolute Gasteiger partial charge is 0.138 e. The maximum atomic E-state index is 6.36. The van der Waals surface area contributed by atoms with Crippen molar-refractivity contribution >= 4 is 22.1 Å². The molecule has 2 nitrogen and oxygen atoms in total. The lowest BCUT2D eigenvalue weighted by Gasteiger charge is -2.18. The molecule has 0 saturated heterocycles. The zero-order valence-electron chi connectivity index (χ0n) is 12.2. The maximum absolute atomic E-state index is 6.36. The Balaban J connectivity index is 1.90. The Labute approximate surface area is 129 Å². The molecule has 0 aliphatic rings. The fraction of sp³-hybridized carbons (Fsp3) is 0.222. The van der Waals surface area contributed by atoms with Crippen molar-refractivity contribution in [2.45, 2.75) is 12.5 Å². The minimum absolute atomic E-state index is 0.131. The Morgan fingerprint density at radius 1 is 1.05 bits per heavy atom. The summed E-state index contributed by atoms with van der Waals surface area (Å²) in [6.07, 6.45) is 1.15. The third kappa shape index (κ3) is 3.26. The van der Waals surface area contributed by atoms with E-state index >= 15 is 0 Å². The lowest BCUT2D eigenvalue weighted by atomic mass is 10.1. The zero-order valence-corrected chi connectivity index (χ0v) is 13.0. The van der Waals surface area contributed by atoms with Crippen molar-refractivity contribution < 1.29 is 10.1 Å². The van der Waals surface area contributed by atoms with Gasteiger partial charge in [-0.2, -0.15) is 0 Å². The van der Waals surface area contributed by atoms with Crippen LogP contribution in [0.1, 0.15) is 17.4 Å². The number of hydrogen-bond acceptors (Lipinski definition) is 2. The minimum Gasteiger partial charge on any atom is -0.484 e. The molecule has 0 unspecified atom stereocenters. The van der Waals surface area contributed by atoms with Gasteiger partial charge in [0.05, 0.1) is 13.6 Å². The summed E-state index contributed by atoms with van der Waals surface area (Å²) in [5, 5.41) is 6.72. The monoisotopic (exact) mass is 298 g/mol. The van der Waals surface area contributed by atoms with E-state index in [0.29, 0.717) is 0 Å². The molecule has 0 fully saturated rings. The molecule has 2 N–H and O–H groups in total. The molecule has 1 heterocycles. The summed E-state index contributed by atoms with van der Waals surface area (Å²) in [4.78, 5) is 1.30. The largest absolute Gasteiger partial charge is 0.484 e. The molecular formula is C18H20NOS+. The molecule has 1 atom stereocenters. The summed E-state index contributed by atoms with van der Waals surface area (Å²) >= 11 is 1.77. The minimum atomic E-state index is 0.131. The zero-order chi connectivity index (χ0) is 14.5. The van der Waals surface area contributed by atoms with E-state index in [1.165, 1.54) is 15.6 Å². The molecule has 108 valence electrons. The average Bonchev–Trinajstić information content (AvgIpc) is 3.06. The van der Waals surface area contributed by atoms with Crippen LogP contribution in [0.2, 0.25) is 0 Å². The molecule has 0 aliphatic heterocycles. The van der Waals surface area contributed by atoms with E-state index in [1.807, 2.05) is 0 Å². The van der Waals surface area contributed by atoms with Crippen LogP contribution in [0.3, 0.4) is 0 Å². The summed E-state index contributed by atoms with van der Waals surface area (Å²) in [5.74, 6) is 0.975. The second kappa shape index (κ2) is 6.74. The van der Waals surface area contributed by atoms with E-state index in [4.69, 9.17) is 4.74 Å². The van der Waals surface area contributed by atoms with E-state index in [0.717, 1.165) is 18.7 Å². The van der Waals surface area contributed by atoms with Gasteiger partial charge in [-0.15, -0.1) is 11.3 Å². The standard InChI is InChI=1S/C18H19NOS/c1-19-12-11-17(18-10-5-13-21-18)20-16-9-4-7-14-6-2-3-8-15(14)16/h2-10,13,17,19H,11-12H2,1H3/p+1/t17-/m0/s1. The summed E-state index contributed by atoms with van der Waals surface area (Å²) < 4.78 is 6.36. The van der Waals surface area contributed by atoms with Crippen LogP contribution in [-0.2, 0) is 0 Å². The lowest BCUT2D eigenvalue weighted by Crippen LogP contribution is -2.79. The Morgan fingerprint density at radius 2 is 1.90 bits per heavy atom. The van der Waals surface area contributed by atoms with Crippen LogP contribution in [0, 0.1) is 0 Å². The van der Waals surface area contributed by atoms with Gasteiger partial charge in [0, 0.05) is 16.7 Å². The number of rotatable bonds is 6. The van der Waals surface area contributed by atoms with Crippen LogP contribution >= 0.6 is 11.3 Å². The second-order valence-corrected chi connectivity index (χ2v) is 6.06. The number of benzene rings is 2. The Kier molecular flexibility index (Phi) is 4.53. The quantitative estimate of drug-likeness (QED) is 0.739. The fourth-order valence-electron chi connectivity index (χ4n) is 2.50. The van der Waals surface area contributed by atoms with Gasteiger partial charge in [-0.3, -0.25) is 0 Å². The van der Waals surface area contributed by atoms with E-state index in [-0.39, 0.29) is 6.10 Å². The number of quaternary nitrogens is 1. The normalized spacial score (nSPS) is 12.4. The first-order valence-electron chi connectivity index (χ1n) is 7.34. The van der Waals surface area contributed by atoms with Crippen LogP contribution in [0.15, 0.2) is 60.0 Å². The van der Waals surface area contributed by atoms with E-state index < -0.39 is 0 Å². The molecule has 0 radical (unpaired) electrons. The van der Waals surface area contributed by atoms with Crippen LogP contribution < -0.4 is 10.1 Å². The first kappa shape index (κ1) is 14.1. The molecule has 3 aromatic rings. The first-order valence-corrected chi connectivity index (χ1v) is 8.22. The molecule has 0 aliphatic carbocycles. The number of ether oxygens (including phenoxy) is 1. The van der Waals surface area contributed by atoms with Crippen molar-refractivity contribution in [1.29, 1.82) is 0 Å². The van der Waals surface area contributed by atoms with Crippen molar-refractivity contribution in [2.24, 2.45) is 0 Å². The highest BCUT2D eigenvalue weighted by Crippen LogP contribution is 2.32. The topological polar surface area (TPSA) is 25.8 Å². The van der Waals surface area contributed by atoms with Gasteiger partial charge < -0.3 is 10.1 Å². The van der Waals surface area contributed by atoms with Crippen LogP contribution in [0.5, 0.6) is 5.75 Å². The Morgan fingerprint density at radius 3 is 2.71 bits per heavy atom. The van der Waals surface area contributed by atoms with Crippen LogP contribution in [0.25, 0.3) is 10.8 Å². The molecule has 0 bridgehead atoms. The van der Waals surface area contributed by atoms with Gasteiger partial charge in [-0.05, 0) is 22.9 Å². The highest BCUT2D eigenvalue weighted by Gasteiger charge is 2.16. The molecule has 3 heteroatoms. The Bertz CT molecular complexity index is 688. The van der Waals surface area contributed by atoms with Crippen molar-refractivity contribution in [2.75, 3.05) is 13.6 Å². The summed E-state index contributed by atoms with van der Waals surface area (Å²) in [7, 11) is 2.10. The molecule has 3 rings (SSSR count). The third-order valence-electron chi connectivity index (χ3n) is 3.60. The second-order valence-electron chi connectivity index (χ2n) is 5.08. The van der Waals surface area contributed by atoms with E-state index in [9.17, 15) is 0 Å². The summed E-state index contributed by atoms with van der Waals surface area (Å²) in [6, 6.07) is 18.9. The van der Waals surface area contributed by atoms with Gasteiger partial charge in [0.25, 0.3) is 0 Å². The predicted molar refractivity (Wildman–Crippen MR) is 89.0 cm³/mol. The predicted octanol–water partition coefficient (Wildman–Crippen LogP) is 3.60. The maximum Gasteiger partial charge on any atom is 0.138 e. The van der Waals surface area contributed by atoms with Gasteiger partial charge in [0.1, 0.15) is 11.9 Å². The Hall–Kier alpha value is -1.84. The molecule has 0 saturated carbocycles. The first-order chi connectivity index (χ1) is 10.4. The van der Waals surface area contributed by atoms with Gasteiger partial charge in [-0.1, -0.05) is 42.5 Å². The summed E-state index contributed by atoms with van der Waals surface area (Å²) in [6.45, 7) is 1.06. The van der Waals surface area contributed by atoms with Gasteiger partial charge in [-0.25, -0.2) is 0 Å². The highest BCUT2D eigenvalue weighted by atomic mass is 32.1. The molecule has 0 amide bonds. The number of thiophene rings is 1. The van der Waals surface area contributed by atoms with E-state index in [2.05, 4.69) is 72.3 Å². The number of hydrogen-bond donors (Lipinski definition) is 1. The van der Waals surface area contributed by atoms with Crippen molar-refractivity contribution in [3.05, 3.63) is 64.9 Å². The third-order valence-corrected chi connectivity index (χ3v) is 4.56. The van der Waals surface area contributed by atoms with Gasteiger partial charge in [0.2, 0.25) is 0 Å².